The van der Waals surface area contributed by atoms with Crippen molar-refractivity contribution in [1.29, 1.82) is 0 Å². The van der Waals surface area contributed by atoms with Gasteiger partial charge >= 0.3 is 11.9 Å². The SMILES string of the molecule is CSCCC(NC(=O)C(CCSC)NC(=O)C(CCC(=O)O)NC(=O)C1CCCN1)C(=O)O. The molecule has 11 nitrogen and oxygen atoms in total. The summed E-state index contributed by atoms with van der Waals surface area (Å²) < 4.78 is 0. The summed E-state index contributed by atoms with van der Waals surface area (Å²) in [4.78, 5) is 60.7. The summed E-state index contributed by atoms with van der Waals surface area (Å²) in [6.07, 6.45) is 5.10. The van der Waals surface area contributed by atoms with Gasteiger partial charge in [-0.25, -0.2) is 4.79 Å². The molecule has 0 aromatic carbocycles. The number of rotatable bonds is 16. The smallest absolute Gasteiger partial charge is 0.326 e. The monoisotopic (exact) mass is 506 g/mol. The molecule has 0 aromatic heterocycles. The molecule has 0 aromatic rings. The Morgan fingerprint density at radius 2 is 1.42 bits per heavy atom. The number of carboxylic acid groups (broad SMARTS) is 2. The van der Waals surface area contributed by atoms with Crippen molar-refractivity contribution in [3.8, 4) is 0 Å². The highest BCUT2D eigenvalue weighted by atomic mass is 32.2. The molecule has 1 heterocycles. The molecule has 0 radical (unpaired) electrons. The van der Waals surface area contributed by atoms with E-state index in [1.165, 1.54) is 23.5 Å². The molecule has 1 aliphatic heterocycles. The van der Waals surface area contributed by atoms with E-state index >= 15 is 0 Å². The van der Waals surface area contributed by atoms with Gasteiger partial charge in [0.05, 0.1) is 6.04 Å². The molecule has 33 heavy (non-hydrogen) atoms. The Bertz CT molecular complexity index is 689. The van der Waals surface area contributed by atoms with E-state index in [0.29, 0.717) is 24.5 Å². The molecule has 0 bridgehead atoms. The largest absolute Gasteiger partial charge is 0.481 e. The zero-order chi connectivity index (χ0) is 24.8. The van der Waals surface area contributed by atoms with Gasteiger partial charge in [0.25, 0.3) is 0 Å². The Balaban J connectivity index is 2.89. The average molecular weight is 507 g/mol. The summed E-state index contributed by atoms with van der Waals surface area (Å²) in [5, 5.41) is 29.1. The first-order chi connectivity index (χ1) is 15.7. The van der Waals surface area contributed by atoms with Gasteiger partial charge < -0.3 is 31.5 Å². The minimum absolute atomic E-state index is 0.137. The predicted octanol–water partition coefficient (Wildman–Crippen LogP) is -0.352. The van der Waals surface area contributed by atoms with Gasteiger partial charge in [-0.3, -0.25) is 19.2 Å². The molecule has 0 aliphatic carbocycles. The van der Waals surface area contributed by atoms with Crippen molar-refractivity contribution in [2.45, 2.75) is 62.7 Å². The lowest BCUT2D eigenvalue weighted by atomic mass is 10.1. The van der Waals surface area contributed by atoms with E-state index in [0.717, 1.165) is 6.42 Å². The molecule has 0 saturated carbocycles. The van der Waals surface area contributed by atoms with Crippen molar-refractivity contribution in [3.63, 3.8) is 0 Å². The summed E-state index contributed by atoms with van der Waals surface area (Å²) in [6, 6.07) is -3.69. The third kappa shape index (κ3) is 11.1. The van der Waals surface area contributed by atoms with Crippen LogP contribution in [-0.4, -0.2) is 94.6 Å². The van der Waals surface area contributed by atoms with Crippen molar-refractivity contribution in [1.82, 2.24) is 21.3 Å². The minimum atomic E-state index is -1.16. The van der Waals surface area contributed by atoms with Crippen LogP contribution in [0.5, 0.6) is 0 Å². The number of carbonyl (C=O) groups is 5. The number of carboxylic acids is 2. The molecule has 4 unspecified atom stereocenters. The van der Waals surface area contributed by atoms with Crippen LogP contribution in [0, 0.1) is 0 Å². The highest BCUT2D eigenvalue weighted by molar-refractivity contribution is 7.98. The van der Waals surface area contributed by atoms with Gasteiger partial charge in [-0.15, -0.1) is 0 Å². The van der Waals surface area contributed by atoms with E-state index in [4.69, 9.17) is 5.11 Å². The molecular weight excluding hydrogens is 472 g/mol. The van der Waals surface area contributed by atoms with E-state index < -0.39 is 53.8 Å². The standard InChI is InChI=1S/C20H34N4O7S2/c1-32-10-7-14(19(29)24-15(20(30)31)8-11-33-2)23-18(28)13(5-6-16(25)26)22-17(27)12-4-3-9-21-12/h12-15,21H,3-11H2,1-2H3,(H,22,27)(H,23,28)(H,24,29)(H,25,26)(H,30,31). The van der Waals surface area contributed by atoms with Crippen LogP contribution in [0.1, 0.15) is 38.5 Å². The lowest BCUT2D eigenvalue weighted by Gasteiger charge is -2.25. The molecule has 3 amide bonds. The molecule has 1 aliphatic rings. The second-order valence-electron chi connectivity index (χ2n) is 7.67. The minimum Gasteiger partial charge on any atom is -0.481 e. The van der Waals surface area contributed by atoms with Crippen molar-refractivity contribution < 1.29 is 34.2 Å². The van der Waals surface area contributed by atoms with Crippen LogP contribution >= 0.6 is 23.5 Å². The number of nitrogens with one attached hydrogen (secondary N) is 4. The maximum Gasteiger partial charge on any atom is 0.326 e. The number of carbonyl (C=O) groups excluding carboxylic acids is 3. The zero-order valence-corrected chi connectivity index (χ0v) is 20.6. The molecule has 188 valence electrons. The Hall–Kier alpha value is -1.99. The van der Waals surface area contributed by atoms with E-state index in [9.17, 15) is 29.1 Å². The predicted molar refractivity (Wildman–Crippen MR) is 127 cm³/mol. The molecule has 13 heteroatoms. The molecule has 4 atom stereocenters. The zero-order valence-electron chi connectivity index (χ0n) is 18.9. The first kappa shape index (κ1) is 29.0. The quantitative estimate of drug-likeness (QED) is 0.162. The average Bonchev–Trinajstić information content (AvgIpc) is 3.31. The number of aliphatic carboxylic acids is 2. The first-order valence-corrected chi connectivity index (χ1v) is 13.5. The third-order valence-corrected chi connectivity index (χ3v) is 6.41. The van der Waals surface area contributed by atoms with Crippen LogP contribution in [0.2, 0.25) is 0 Å². The van der Waals surface area contributed by atoms with Crippen molar-refractivity contribution in [2.75, 3.05) is 30.6 Å². The fraction of sp³-hybridized carbons (Fsp3) is 0.750. The Labute approximate surface area is 202 Å². The van der Waals surface area contributed by atoms with E-state index in [1.807, 2.05) is 12.5 Å². The molecule has 0 spiro atoms. The van der Waals surface area contributed by atoms with Gasteiger partial charge in [0.2, 0.25) is 17.7 Å². The van der Waals surface area contributed by atoms with Gasteiger partial charge in [-0.2, -0.15) is 23.5 Å². The Morgan fingerprint density at radius 1 is 0.879 bits per heavy atom. The topological polar surface area (TPSA) is 174 Å². The second-order valence-corrected chi connectivity index (χ2v) is 9.64. The van der Waals surface area contributed by atoms with Crippen molar-refractivity contribution in [2.24, 2.45) is 0 Å². The highest BCUT2D eigenvalue weighted by Crippen LogP contribution is 2.09. The van der Waals surface area contributed by atoms with Crippen LogP contribution in [0.15, 0.2) is 0 Å². The molecule has 1 saturated heterocycles. The number of hydrogen-bond acceptors (Lipinski definition) is 8. The van der Waals surface area contributed by atoms with Crippen LogP contribution in [0.25, 0.3) is 0 Å². The summed E-state index contributed by atoms with van der Waals surface area (Å²) >= 11 is 2.91. The number of thioether (sulfide) groups is 2. The number of amides is 3. The van der Waals surface area contributed by atoms with Crippen LogP contribution < -0.4 is 21.3 Å². The maximum atomic E-state index is 12.9. The summed E-state index contributed by atoms with van der Waals surface area (Å²) in [5.41, 5.74) is 0. The third-order valence-electron chi connectivity index (χ3n) is 5.13. The highest BCUT2D eigenvalue weighted by Gasteiger charge is 2.31. The molecule has 6 N–H and O–H groups in total. The first-order valence-electron chi connectivity index (χ1n) is 10.8. The van der Waals surface area contributed by atoms with Gasteiger partial charge in [-0.1, -0.05) is 0 Å². The van der Waals surface area contributed by atoms with E-state index in [1.54, 1.807) is 0 Å². The van der Waals surface area contributed by atoms with Gasteiger partial charge in [-0.05, 0) is 62.7 Å². The second kappa shape index (κ2) is 15.8. The van der Waals surface area contributed by atoms with Gasteiger partial charge in [0, 0.05) is 6.42 Å². The molecule has 1 fully saturated rings. The lowest BCUT2D eigenvalue weighted by molar-refractivity contribution is -0.142. The van der Waals surface area contributed by atoms with E-state index in [-0.39, 0.29) is 25.7 Å². The van der Waals surface area contributed by atoms with Gasteiger partial charge in [0.15, 0.2) is 0 Å². The van der Waals surface area contributed by atoms with Crippen LogP contribution in [0.3, 0.4) is 0 Å². The summed E-state index contributed by atoms with van der Waals surface area (Å²) in [5.74, 6) is -2.92. The summed E-state index contributed by atoms with van der Waals surface area (Å²) in [6.45, 7) is 0.683. The fourth-order valence-corrected chi connectivity index (χ4v) is 4.20. The number of hydrogen-bond donors (Lipinski definition) is 6. The van der Waals surface area contributed by atoms with Crippen LogP contribution in [0.4, 0.5) is 0 Å². The lowest BCUT2D eigenvalue weighted by Crippen LogP contribution is -2.57. The van der Waals surface area contributed by atoms with Crippen LogP contribution in [-0.2, 0) is 24.0 Å². The normalized spacial score (nSPS) is 18.1. The fourth-order valence-electron chi connectivity index (χ4n) is 3.26. The molecule has 1 rings (SSSR count). The van der Waals surface area contributed by atoms with Crippen molar-refractivity contribution in [3.05, 3.63) is 0 Å². The summed E-state index contributed by atoms with van der Waals surface area (Å²) in [7, 11) is 0. The van der Waals surface area contributed by atoms with Crippen molar-refractivity contribution >= 4 is 53.2 Å². The van der Waals surface area contributed by atoms with Gasteiger partial charge in [0.1, 0.15) is 18.1 Å². The maximum absolute atomic E-state index is 12.9. The van der Waals surface area contributed by atoms with E-state index in [2.05, 4.69) is 21.3 Å². The Morgan fingerprint density at radius 3 is 1.91 bits per heavy atom. The molecular formula is C20H34N4O7S2. The Kier molecular flexibility index (Phi) is 13.9.